The van der Waals surface area contributed by atoms with Gasteiger partial charge in [-0.3, -0.25) is 14.5 Å². The molecule has 0 radical (unpaired) electrons. The summed E-state index contributed by atoms with van der Waals surface area (Å²) in [5, 5.41) is 2.92. The SMILES string of the molecule is COc1ccc(NC(=O)[C@H]2c3cccc[n+]3CC(=O)N2c2ccc(Br)cc2)cc1OC. The van der Waals surface area contributed by atoms with E-state index in [0.717, 1.165) is 10.2 Å². The Balaban J connectivity index is 1.73. The number of methoxy groups -OCH3 is 2. The minimum absolute atomic E-state index is 0.159. The number of benzene rings is 2. The van der Waals surface area contributed by atoms with Crippen LogP contribution in [0.4, 0.5) is 11.4 Å². The summed E-state index contributed by atoms with van der Waals surface area (Å²) in [7, 11) is 3.08. The molecule has 3 aromatic rings. The smallest absolute Gasteiger partial charge is 0.294 e. The Bertz CT molecular complexity index is 1130. The summed E-state index contributed by atoms with van der Waals surface area (Å²) in [5.41, 5.74) is 1.91. The number of carbonyl (C=O) groups is 2. The second-order valence-electron chi connectivity index (χ2n) is 6.96. The molecule has 158 valence electrons. The minimum atomic E-state index is -0.836. The highest BCUT2D eigenvalue weighted by Crippen LogP contribution is 2.33. The highest BCUT2D eigenvalue weighted by molar-refractivity contribution is 9.10. The fraction of sp³-hybridized carbons (Fsp3) is 0.174. The number of hydrogen-bond donors (Lipinski definition) is 1. The molecule has 8 heteroatoms. The number of aromatic nitrogens is 1. The van der Waals surface area contributed by atoms with Crippen LogP contribution in [0.1, 0.15) is 11.7 Å². The van der Waals surface area contributed by atoms with Gasteiger partial charge in [0.25, 0.3) is 11.8 Å². The van der Waals surface area contributed by atoms with E-state index in [9.17, 15) is 9.59 Å². The zero-order valence-electron chi connectivity index (χ0n) is 17.0. The van der Waals surface area contributed by atoms with Crippen LogP contribution in [0.5, 0.6) is 11.5 Å². The van der Waals surface area contributed by atoms with Crippen LogP contribution >= 0.6 is 15.9 Å². The number of nitrogens with zero attached hydrogens (tertiary/aromatic N) is 2. The van der Waals surface area contributed by atoms with E-state index in [1.54, 1.807) is 29.9 Å². The largest absolute Gasteiger partial charge is 0.493 e. The Labute approximate surface area is 188 Å². The molecule has 31 heavy (non-hydrogen) atoms. The van der Waals surface area contributed by atoms with Gasteiger partial charge in [0.15, 0.2) is 17.7 Å². The molecule has 0 spiro atoms. The van der Waals surface area contributed by atoms with Gasteiger partial charge in [-0.15, -0.1) is 0 Å². The monoisotopic (exact) mass is 482 g/mol. The Morgan fingerprint density at radius 1 is 1.06 bits per heavy atom. The summed E-state index contributed by atoms with van der Waals surface area (Å²) < 4.78 is 13.3. The molecular formula is C23H21BrN3O4+. The van der Waals surface area contributed by atoms with Crippen molar-refractivity contribution in [1.82, 2.24) is 0 Å². The average molecular weight is 483 g/mol. The topological polar surface area (TPSA) is 71.8 Å². The van der Waals surface area contributed by atoms with E-state index in [1.165, 1.54) is 12.0 Å². The molecule has 1 aliphatic heterocycles. The molecule has 2 aromatic carbocycles. The van der Waals surface area contributed by atoms with Crippen LogP contribution in [0.2, 0.25) is 0 Å². The van der Waals surface area contributed by atoms with Gasteiger partial charge >= 0.3 is 0 Å². The van der Waals surface area contributed by atoms with Crippen molar-refractivity contribution in [1.29, 1.82) is 0 Å². The molecule has 1 aromatic heterocycles. The second-order valence-corrected chi connectivity index (χ2v) is 7.87. The van der Waals surface area contributed by atoms with E-state index < -0.39 is 6.04 Å². The fourth-order valence-electron chi connectivity index (χ4n) is 3.65. The molecule has 7 nitrogen and oxygen atoms in total. The lowest BCUT2D eigenvalue weighted by Crippen LogP contribution is -2.58. The van der Waals surface area contributed by atoms with E-state index in [1.807, 2.05) is 48.7 Å². The summed E-state index contributed by atoms with van der Waals surface area (Å²) in [4.78, 5) is 28.1. The Morgan fingerprint density at radius 2 is 1.81 bits per heavy atom. The Kier molecular flexibility index (Phi) is 5.90. The predicted octanol–water partition coefficient (Wildman–Crippen LogP) is 3.48. The number of amides is 2. The molecular weight excluding hydrogens is 462 g/mol. The molecule has 1 aliphatic rings. The number of hydrogen-bond acceptors (Lipinski definition) is 4. The molecule has 0 aliphatic carbocycles. The summed E-state index contributed by atoms with van der Waals surface area (Å²) in [6.07, 6.45) is 1.81. The first-order valence-corrected chi connectivity index (χ1v) is 10.4. The van der Waals surface area contributed by atoms with Crippen LogP contribution in [-0.2, 0) is 16.1 Å². The summed E-state index contributed by atoms with van der Waals surface area (Å²) in [6.45, 7) is 0.159. The Morgan fingerprint density at radius 3 is 2.52 bits per heavy atom. The zero-order chi connectivity index (χ0) is 22.0. The normalized spacial score (nSPS) is 15.3. The molecule has 0 unspecified atom stereocenters. The van der Waals surface area contributed by atoms with Gasteiger partial charge in [-0.25, -0.2) is 0 Å². The van der Waals surface area contributed by atoms with Crippen LogP contribution in [0.25, 0.3) is 0 Å². The molecule has 1 atom stereocenters. The van der Waals surface area contributed by atoms with E-state index in [2.05, 4.69) is 21.2 Å². The highest BCUT2D eigenvalue weighted by atomic mass is 79.9. The van der Waals surface area contributed by atoms with Gasteiger partial charge in [-0.2, -0.15) is 4.57 Å². The van der Waals surface area contributed by atoms with E-state index in [-0.39, 0.29) is 18.4 Å². The van der Waals surface area contributed by atoms with Crippen molar-refractivity contribution in [2.75, 3.05) is 24.4 Å². The third-order valence-corrected chi connectivity index (χ3v) is 5.62. The maximum Gasteiger partial charge on any atom is 0.294 e. The van der Waals surface area contributed by atoms with Crippen molar-refractivity contribution in [3.8, 4) is 11.5 Å². The minimum Gasteiger partial charge on any atom is -0.493 e. The summed E-state index contributed by atoms with van der Waals surface area (Å²) in [5.74, 6) is 0.562. The molecule has 0 fully saturated rings. The number of rotatable bonds is 5. The first kappa shape index (κ1) is 20.9. The standard InChI is InChI=1S/C23H20BrN3O4/c1-30-19-11-8-16(13-20(19)31-2)25-23(29)22-18-5-3-4-12-26(18)14-21(28)27(22)17-9-6-15(24)7-10-17/h3-13,22H,14H2,1-2H3/p+1/t22-/m1/s1. The van der Waals surface area contributed by atoms with E-state index in [4.69, 9.17) is 9.47 Å². The lowest BCUT2D eigenvalue weighted by molar-refractivity contribution is -0.695. The van der Waals surface area contributed by atoms with Crippen molar-refractivity contribution in [3.63, 3.8) is 0 Å². The first-order chi connectivity index (χ1) is 15.0. The van der Waals surface area contributed by atoms with Gasteiger partial charge in [0, 0.05) is 34.0 Å². The van der Waals surface area contributed by atoms with Gasteiger partial charge in [0.2, 0.25) is 18.3 Å². The third-order valence-electron chi connectivity index (χ3n) is 5.09. The number of anilines is 2. The quantitative estimate of drug-likeness (QED) is 0.565. The van der Waals surface area contributed by atoms with Crippen molar-refractivity contribution < 1.29 is 23.6 Å². The molecule has 0 saturated carbocycles. The van der Waals surface area contributed by atoms with Crippen LogP contribution in [0.15, 0.2) is 71.3 Å². The van der Waals surface area contributed by atoms with Crippen LogP contribution < -0.4 is 24.3 Å². The maximum absolute atomic E-state index is 13.5. The number of fused-ring (bicyclic) bond motifs is 1. The van der Waals surface area contributed by atoms with Gasteiger partial charge < -0.3 is 14.8 Å². The molecule has 0 saturated heterocycles. The third kappa shape index (κ3) is 4.11. The molecule has 0 bridgehead atoms. The Hall–Kier alpha value is -3.39. The second kappa shape index (κ2) is 8.77. The highest BCUT2D eigenvalue weighted by Gasteiger charge is 2.43. The van der Waals surface area contributed by atoms with Gasteiger partial charge in [-0.1, -0.05) is 22.0 Å². The molecule has 2 heterocycles. The number of halogens is 1. The fourth-order valence-corrected chi connectivity index (χ4v) is 3.92. The van der Waals surface area contributed by atoms with E-state index >= 15 is 0 Å². The number of carbonyl (C=O) groups excluding carboxylic acids is 2. The molecule has 4 rings (SSSR count). The summed E-state index contributed by atoms with van der Waals surface area (Å²) >= 11 is 3.42. The van der Waals surface area contributed by atoms with Crippen LogP contribution in [0.3, 0.4) is 0 Å². The zero-order valence-corrected chi connectivity index (χ0v) is 18.6. The average Bonchev–Trinajstić information content (AvgIpc) is 2.78. The molecule has 1 N–H and O–H groups in total. The van der Waals surface area contributed by atoms with Gasteiger partial charge in [-0.05, 0) is 36.4 Å². The van der Waals surface area contributed by atoms with Crippen molar-refractivity contribution in [2.45, 2.75) is 12.6 Å². The van der Waals surface area contributed by atoms with Crippen molar-refractivity contribution >= 4 is 39.1 Å². The molecule has 2 amide bonds. The lowest BCUT2D eigenvalue weighted by Gasteiger charge is -2.32. The maximum atomic E-state index is 13.5. The lowest BCUT2D eigenvalue weighted by atomic mass is 10.0. The van der Waals surface area contributed by atoms with Crippen LogP contribution in [-0.4, -0.2) is 26.0 Å². The van der Waals surface area contributed by atoms with Gasteiger partial charge in [0.05, 0.1) is 14.2 Å². The van der Waals surface area contributed by atoms with E-state index in [0.29, 0.717) is 22.9 Å². The first-order valence-electron chi connectivity index (χ1n) is 9.60. The number of nitrogens with one attached hydrogen (secondary N) is 1. The predicted molar refractivity (Wildman–Crippen MR) is 119 cm³/mol. The number of pyridine rings is 1. The summed E-state index contributed by atoms with van der Waals surface area (Å²) in [6, 6.07) is 17.2. The van der Waals surface area contributed by atoms with Gasteiger partial charge in [0.1, 0.15) is 0 Å². The van der Waals surface area contributed by atoms with Crippen molar-refractivity contribution in [3.05, 3.63) is 77.0 Å². The number of ether oxygens (including phenoxy) is 2. The van der Waals surface area contributed by atoms with Crippen molar-refractivity contribution in [2.24, 2.45) is 0 Å². The van der Waals surface area contributed by atoms with Crippen LogP contribution in [0, 0.1) is 0 Å².